The highest BCUT2D eigenvalue weighted by Crippen LogP contribution is 2.42. The molecule has 0 aromatic carbocycles. The normalized spacial score (nSPS) is 33.6. The monoisotopic (exact) mass is 304 g/mol. The lowest BCUT2D eigenvalue weighted by molar-refractivity contribution is -0.172. The van der Waals surface area contributed by atoms with Gasteiger partial charge in [-0.15, -0.1) is 0 Å². The molecule has 1 amide bonds. The average Bonchev–Trinajstić information content (AvgIpc) is 2.78. The van der Waals surface area contributed by atoms with Crippen molar-refractivity contribution < 1.29 is 22.7 Å². The number of carbonyl (C=O) groups excluding carboxylic acids is 2. The largest absolute Gasteiger partial charge is 0.447 e. The van der Waals surface area contributed by atoms with Crippen LogP contribution >= 0.6 is 0 Å². The van der Waals surface area contributed by atoms with E-state index in [0.717, 1.165) is 10.6 Å². The first-order valence-corrected chi connectivity index (χ1v) is 8.44. The molecule has 3 unspecified atom stereocenters. The van der Waals surface area contributed by atoms with Crippen molar-refractivity contribution in [3.05, 3.63) is 0 Å². The van der Waals surface area contributed by atoms with E-state index >= 15 is 0 Å². The first-order chi connectivity index (χ1) is 9.12. The van der Waals surface area contributed by atoms with Gasteiger partial charge in [-0.1, -0.05) is 13.8 Å². The van der Waals surface area contributed by atoms with E-state index in [2.05, 4.69) is 5.32 Å². The minimum Gasteiger partial charge on any atom is -0.447 e. The second-order valence-electron chi connectivity index (χ2n) is 5.69. The minimum atomic E-state index is -3.69. The molecule has 0 bridgehead atoms. The number of hydrogen-bond donors (Lipinski definition) is 1. The molecule has 2 fully saturated rings. The molecule has 114 valence electrons. The Kier molecular flexibility index (Phi) is 3.58. The van der Waals surface area contributed by atoms with Crippen LogP contribution in [-0.2, 0) is 24.3 Å². The van der Waals surface area contributed by atoms with Crippen LogP contribution in [0.15, 0.2) is 0 Å². The zero-order valence-corrected chi connectivity index (χ0v) is 12.9. The Labute approximate surface area is 118 Å². The fourth-order valence-electron chi connectivity index (χ4n) is 3.30. The Balaban J connectivity index is 2.57. The topological polar surface area (TPSA) is 92.8 Å². The molecule has 8 heteroatoms. The van der Waals surface area contributed by atoms with Crippen molar-refractivity contribution in [2.45, 2.75) is 44.9 Å². The molecule has 1 N–H and O–H groups in total. The number of fused-ring (bicyclic) bond motifs is 1. The number of carbonyl (C=O) groups is 2. The van der Waals surface area contributed by atoms with Crippen LogP contribution in [0.25, 0.3) is 0 Å². The average molecular weight is 304 g/mol. The van der Waals surface area contributed by atoms with Gasteiger partial charge in [0.15, 0.2) is 0 Å². The lowest BCUT2D eigenvalue weighted by atomic mass is 9.83. The van der Waals surface area contributed by atoms with Gasteiger partial charge >= 0.3 is 5.97 Å². The molecule has 2 aliphatic rings. The van der Waals surface area contributed by atoms with E-state index in [-0.39, 0.29) is 5.92 Å². The number of sulfonamides is 1. The van der Waals surface area contributed by atoms with Crippen LogP contribution in [0.4, 0.5) is 0 Å². The van der Waals surface area contributed by atoms with E-state index in [1.807, 2.05) is 0 Å². The first kappa shape index (κ1) is 15.2. The lowest BCUT2D eigenvalue weighted by Gasteiger charge is -2.35. The third-order valence-corrected chi connectivity index (χ3v) is 5.17. The fraction of sp³-hybridized carbons (Fsp3) is 0.833. The van der Waals surface area contributed by atoms with Crippen LogP contribution in [0.5, 0.6) is 0 Å². The van der Waals surface area contributed by atoms with Crippen LogP contribution in [-0.4, -0.2) is 55.1 Å². The number of amides is 1. The van der Waals surface area contributed by atoms with Gasteiger partial charge in [-0.2, -0.15) is 0 Å². The van der Waals surface area contributed by atoms with Gasteiger partial charge in [-0.25, -0.2) is 12.7 Å². The third kappa shape index (κ3) is 2.01. The minimum absolute atomic E-state index is 0.330. The molecular formula is C12H20N2O5S. The number of hydrogen-bond acceptors (Lipinski definition) is 6. The highest BCUT2D eigenvalue weighted by molar-refractivity contribution is 7.89. The van der Waals surface area contributed by atoms with Gasteiger partial charge in [0.05, 0.1) is 18.3 Å². The number of rotatable bonds is 3. The highest BCUT2D eigenvalue weighted by atomic mass is 32.2. The molecule has 0 radical (unpaired) electrons. The first-order valence-electron chi connectivity index (χ1n) is 6.59. The van der Waals surface area contributed by atoms with E-state index in [9.17, 15) is 18.0 Å². The molecule has 3 atom stereocenters. The molecule has 2 aliphatic heterocycles. The second-order valence-corrected chi connectivity index (χ2v) is 7.55. The smallest absolute Gasteiger partial charge is 0.303 e. The summed E-state index contributed by atoms with van der Waals surface area (Å²) in [6, 6.07) is -0.979. The summed E-state index contributed by atoms with van der Waals surface area (Å²) in [6.45, 7) is 5.32. The van der Waals surface area contributed by atoms with Crippen molar-refractivity contribution in [1.82, 2.24) is 9.62 Å². The van der Waals surface area contributed by atoms with E-state index in [1.165, 1.54) is 6.92 Å². The van der Waals surface area contributed by atoms with Crippen molar-refractivity contribution in [3.63, 3.8) is 0 Å². The van der Waals surface area contributed by atoms with Crippen molar-refractivity contribution in [2.24, 2.45) is 5.92 Å². The van der Waals surface area contributed by atoms with Crippen molar-refractivity contribution in [2.75, 3.05) is 12.8 Å². The Morgan fingerprint density at radius 3 is 2.55 bits per heavy atom. The van der Waals surface area contributed by atoms with E-state index in [0.29, 0.717) is 13.0 Å². The van der Waals surface area contributed by atoms with Crippen LogP contribution in [0.1, 0.15) is 27.2 Å². The molecule has 2 saturated heterocycles. The highest BCUT2D eigenvalue weighted by Gasteiger charge is 2.66. The van der Waals surface area contributed by atoms with Gasteiger partial charge in [0.2, 0.25) is 15.6 Å². The Morgan fingerprint density at radius 2 is 2.10 bits per heavy atom. The van der Waals surface area contributed by atoms with E-state index in [4.69, 9.17) is 4.74 Å². The summed E-state index contributed by atoms with van der Waals surface area (Å²) in [5.41, 5.74) is -1.45. The summed E-state index contributed by atoms with van der Waals surface area (Å²) in [4.78, 5) is 24.1. The maximum Gasteiger partial charge on any atom is 0.303 e. The van der Waals surface area contributed by atoms with Gasteiger partial charge in [0.25, 0.3) is 5.91 Å². The fourth-order valence-corrected chi connectivity index (χ4v) is 4.46. The van der Waals surface area contributed by atoms with Crippen molar-refractivity contribution in [1.29, 1.82) is 0 Å². The lowest BCUT2D eigenvalue weighted by Crippen LogP contribution is -2.57. The molecule has 20 heavy (non-hydrogen) atoms. The molecule has 0 spiro atoms. The quantitative estimate of drug-likeness (QED) is 0.705. The van der Waals surface area contributed by atoms with Gasteiger partial charge < -0.3 is 10.1 Å². The zero-order chi connectivity index (χ0) is 15.3. The predicted octanol–water partition coefficient (Wildman–Crippen LogP) is -0.523. The number of nitrogens with one attached hydrogen (secondary N) is 1. The van der Waals surface area contributed by atoms with E-state index < -0.39 is 39.6 Å². The number of ether oxygens (including phenoxy) is 1. The summed E-state index contributed by atoms with van der Waals surface area (Å²) < 4.78 is 30.1. The van der Waals surface area contributed by atoms with Crippen molar-refractivity contribution >= 4 is 21.9 Å². The Morgan fingerprint density at radius 1 is 1.50 bits per heavy atom. The molecular weight excluding hydrogens is 284 g/mol. The molecule has 7 nitrogen and oxygen atoms in total. The molecule has 0 aliphatic carbocycles. The molecule has 2 heterocycles. The summed E-state index contributed by atoms with van der Waals surface area (Å²) in [5.74, 6) is -1.56. The third-order valence-electron chi connectivity index (χ3n) is 4.01. The Bertz CT molecular complexity index is 544. The molecule has 0 saturated carbocycles. The summed E-state index contributed by atoms with van der Waals surface area (Å²) in [5, 5.41) is 3.12. The van der Waals surface area contributed by atoms with Crippen LogP contribution < -0.4 is 5.32 Å². The van der Waals surface area contributed by atoms with Crippen molar-refractivity contribution in [3.8, 4) is 0 Å². The maximum absolute atomic E-state index is 12.7. The maximum atomic E-state index is 12.7. The predicted molar refractivity (Wildman–Crippen MR) is 71.2 cm³/mol. The summed E-state index contributed by atoms with van der Waals surface area (Å²) >= 11 is 0. The Hall–Kier alpha value is -1.15. The number of nitrogens with zero attached hydrogens (tertiary/aromatic N) is 1. The van der Waals surface area contributed by atoms with E-state index in [1.54, 1.807) is 13.8 Å². The van der Waals surface area contributed by atoms with Gasteiger partial charge in [0.1, 0.15) is 0 Å². The standard InChI is InChI=1S/C12H20N2O5S/c1-7(2)12(19-8(3)15)10-9(5-6-13-10)14(11(12)16)20(4,17)18/h7,9-10,13H,5-6H2,1-4H3. The van der Waals surface area contributed by atoms with Crippen LogP contribution in [0, 0.1) is 5.92 Å². The van der Waals surface area contributed by atoms with Gasteiger partial charge in [-0.05, 0) is 13.0 Å². The summed E-state index contributed by atoms with van der Waals surface area (Å²) in [6.07, 6.45) is 1.53. The molecule has 2 rings (SSSR count). The second kappa shape index (κ2) is 4.70. The number of esters is 1. The van der Waals surface area contributed by atoms with Gasteiger partial charge in [-0.3, -0.25) is 9.59 Å². The molecule has 0 aromatic rings. The zero-order valence-electron chi connectivity index (χ0n) is 12.0. The SMILES string of the molecule is CC(=O)OC1(C(C)C)C(=O)N(S(C)(=O)=O)C2CCNC21. The molecule has 0 aromatic heterocycles. The van der Waals surface area contributed by atoms with Crippen LogP contribution in [0.3, 0.4) is 0 Å². The van der Waals surface area contributed by atoms with Gasteiger partial charge in [0, 0.05) is 12.8 Å². The van der Waals surface area contributed by atoms with Crippen LogP contribution in [0.2, 0.25) is 0 Å². The summed E-state index contributed by atoms with van der Waals surface area (Å²) in [7, 11) is -3.69.